The maximum absolute atomic E-state index is 12.9. The summed E-state index contributed by atoms with van der Waals surface area (Å²) in [5.74, 6) is -0.958. The highest BCUT2D eigenvalue weighted by molar-refractivity contribution is 6.37. The number of aryl methyl sites for hydroxylation is 1. The van der Waals surface area contributed by atoms with Crippen LogP contribution in [-0.2, 0) is 0 Å². The summed E-state index contributed by atoms with van der Waals surface area (Å²) in [6.07, 6.45) is 1.42. The molecular weight excluding hydrogens is 565 g/mol. The number of halogens is 2. The van der Waals surface area contributed by atoms with Gasteiger partial charge in [-0.3, -0.25) is 9.59 Å². The molecule has 0 saturated heterocycles. The Morgan fingerprint density at radius 1 is 0.854 bits per heavy atom. The van der Waals surface area contributed by atoms with E-state index in [-0.39, 0.29) is 27.6 Å². The van der Waals surface area contributed by atoms with Crippen LogP contribution in [0.25, 0.3) is 0 Å². The molecular formula is C31H25Cl2N3O5. The minimum absolute atomic E-state index is 0.184. The zero-order chi connectivity index (χ0) is 29.4. The van der Waals surface area contributed by atoms with Crippen molar-refractivity contribution in [2.24, 2.45) is 5.10 Å². The Balaban J connectivity index is 1.44. The minimum Gasteiger partial charge on any atom is -0.490 e. The predicted molar refractivity (Wildman–Crippen MR) is 160 cm³/mol. The molecule has 0 aliphatic heterocycles. The van der Waals surface area contributed by atoms with E-state index in [1.807, 2.05) is 26.0 Å². The van der Waals surface area contributed by atoms with Crippen LogP contribution >= 0.6 is 23.2 Å². The minimum atomic E-state index is -0.548. The SMILES string of the molecule is CCOc1cc(/C=N\NC(=O)c2ccccc2NC(=O)c2ccc(Cl)cc2Cl)ccc1OC(=O)c1ccc(C)cc1. The number of carbonyl (C=O) groups excluding carboxylic acids is 3. The van der Waals surface area contributed by atoms with Crippen molar-refractivity contribution in [3.63, 3.8) is 0 Å². The molecule has 4 rings (SSSR count). The Hall–Kier alpha value is -4.66. The summed E-state index contributed by atoms with van der Waals surface area (Å²) in [4.78, 5) is 38.2. The molecule has 8 nitrogen and oxygen atoms in total. The molecule has 10 heteroatoms. The first-order valence-corrected chi connectivity index (χ1v) is 13.2. The number of hydrogen-bond acceptors (Lipinski definition) is 6. The van der Waals surface area contributed by atoms with E-state index >= 15 is 0 Å². The molecule has 0 aliphatic carbocycles. The smallest absolute Gasteiger partial charge is 0.343 e. The molecule has 0 unspecified atom stereocenters. The fraction of sp³-hybridized carbons (Fsp3) is 0.0968. The lowest BCUT2D eigenvalue weighted by Gasteiger charge is -2.12. The highest BCUT2D eigenvalue weighted by Crippen LogP contribution is 2.29. The average Bonchev–Trinajstić information content (AvgIpc) is 2.95. The molecule has 0 spiro atoms. The van der Waals surface area contributed by atoms with Crippen LogP contribution in [0.2, 0.25) is 10.0 Å². The molecule has 0 aliphatic rings. The Morgan fingerprint density at radius 3 is 2.34 bits per heavy atom. The number of ether oxygens (including phenoxy) is 2. The standard InChI is InChI=1S/C31H25Cl2N3O5/c1-3-40-28-16-20(10-15-27(28)41-31(39)21-11-8-19(2)9-12-21)18-34-36-30(38)24-6-4-5-7-26(24)35-29(37)23-14-13-22(32)17-25(23)33/h4-18H,3H2,1-2H3,(H,35,37)(H,36,38)/b34-18-. The van der Waals surface area contributed by atoms with Crippen LogP contribution < -0.4 is 20.2 Å². The van der Waals surface area contributed by atoms with Crippen LogP contribution in [0.15, 0.2) is 90.0 Å². The molecule has 4 aromatic rings. The zero-order valence-electron chi connectivity index (χ0n) is 22.1. The number of hydrogen-bond donors (Lipinski definition) is 2. The van der Waals surface area contributed by atoms with Crippen molar-refractivity contribution >= 4 is 52.9 Å². The monoisotopic (exact) mass is 589 g/mol. The predicted octanol–water partition coefficient (Wildman–Crippen LogP) is 6.94. The Kier molecular flexibility index (Phi) is 9.73. The van der Waals surface area contributed by atoms with E-state index in [1.165, 1.54) is 18.3 Å². The molecule has 0 heterocycles. The van der Waals surface area contributed by atoms with Crippen LogP contribution in [0.5, 0.6) is 11.5 Å². The quantitative estimate of drug-likeness (QED) is 0.0952. The molecule has 2 amide bonds. The lowest BCUT2D eigenvalue weighted by molar-refractivity contribution is 0.0728. The maximum Gasteiger partial charge on any atom is 0.343 e. The summed E-state index contributed by atoms with van der Waals surface area (Å²) < 4.78 is 11.2. The summed E-state index contributed by atoms with van der Waals surface area (Å²) in [6, 6.07) is 22.9. The highest BCUT2D eigenvalue weighted by atomic mass is 35.5. The van der Waals surface area contributed by atoms with Gasteiger partial charge in [-0.05, 0) is 80.1 Å². The van der Waals surface area contributed by atoms with E-state index < -0.39 is 17.8 Å². The van der Waals surface area contributed by atoms with Gasteiger partial charge in [0.1, 0.15) is 0 Å². The number of nitrogens with one attached hydrogen (secondary N) is 2. The van der Waals surface area contributed by atoms with Gasteiger partial charge >= 0.3 is 5.97 Å². The van der Waals surface area contributed by atoms with E-state index in [0.717, 1.165) is 5.56 Å². The summed E-state index contributed by atoms with van der Waals surface area (Å²) in [5, 5.41) is 7.31. The maximum atomic E-state index is 12.9. The Bertz CT molecular complexity index is 1620. The molecule has 41 heavy (non-hydrogen) atoms. The molecule has 4 aromatic carbocycles. The van der Waals surface area contributed by atoms with Gasteiger partial charge in [-0.25, -0.2) is 10.2 Å². The van der Waals surface area contributed by atoms with Crippen LogP contribution in [0.3, 0.4) is 0 Å². The first-order valence-electron chi connectivity index (χ1n) is 12.5. The number of para-hydroxylation sites is 1. The molecule has 0 fully saturated rings. The molecule has 0 saturated carbocycles. The second kappa shape index (κ2) is 13.6. The van der Waals surface area contributed by atoms with Crippen molar-refractivity contribution in [3.8, 4) is 11.5 Å². The third-order valence-electron chi connectivity index (χ3n) is 5.73. The summed E-state index contributed by atoms with van der Waals surface area (Å²) in [6.45, 7) is 4.08. The van der Waals surface area contributed by atoms with Gasteiger partial charge < -0.3 is 14.8 Å². The fourth-order valence-electron chi connectivity index (χ4n) is 3.69. The van der Waals surface area contributed by atoms with E-state index in [9.17, 15) is 14.4 Å². The second-order valence-corrected chi connectivity index (χ2v) is 9.56. The number of anilines is 1. The van der Waals surface area contributed by atoms with Gasteiger partial charge in [-0.15, -0.1) is 0 Å². The number of carbonyl (C=O) groups is 3. The van der Waals surface area contributed by atoms with E-state index in [0.29, 0.717) is 28.5 Å². The van der Waals surface area contributed by atoms with Crippen molar-refractivity contribution < 1.29 is 23.9 Å². The average molecular weight is 590 g/mol. The van der Waals surface area contributed by atoms with Gasteiger partial charge in [-0.2, -0.15) is 5.10 Å². The third kappa shape index (κ3) is 7.72. The normalized spacial score (nSPS) is 10.7. The largest absolute Gasteiger partial charge is 0.490 e. The topological polar surface area (TPSA) is 106 Å². The zero-order valence-corrected chi connectivity index (χ0v) is 23.6. The van der Waals surface area contributed by atoms with Crippen LogP contribution in [0, 0.1) is 6.92 Å². The fourth-order valence-corrected chi connectivity index (χ4v) is 4.18. The molecule has 0 bridgehead atoms. The number of rotatable bonds is 9. The number of amides is 2. The Labute approximate surface area is 246 Å². The van der Waals surface area contributed by atoms with Gasteiger partial charge in [0.15, 0.2) is 11.5 Å². The summed E-state index contributed by atoms with van der Waals surface area (Å²) >= 11 is 12.1. The van der Waals surface area contributed by atoms with Crippen molar-refractivity contribution in [3.05, 3.63) is 123 Å². The van der Waals surface area contributed by atoms with Crippen LogP contribution in [0.1, 0.15) is 49.1 Å². The van der Waals surface area contributed by atoms with E-state index in [4.69, 9.17) is 32.7 Å². The first kappa shape index (κ1) is 29.3. The molecule has 0 aromatic heterocycles. The van der Waals surface area contributed by atoms with Crippen LogP contribution in [0.4, 0.5) is 5.69 Å². The molecule has 2 N–H and O–H groups in total. The van der Waals surface area contributed by atoms with Gasteiger partial charge in [0.2, 0.25) is 0 Å². The lowest BCUT2D eigenvalue weighted by Crippen LogP contribution is -2.21. The van der Waals surface area contributed by atoms with Crippen molar-refractivity contribution in [1.82, 2.24) is 5.43 Å². The lowest BCUT2D eigenvalue weighted by atomic mass is 10.1. The summed E-state index contributed by atoms with van der Waals surface area (Å²) in [5.41, 5.74) is 5.16. The Morgan fingerprint density at radius 2 is 1.61 bits per heavy atom. The van der Waals surface area contributed by atoms with Gasteiger partial charge in [0, 0.05) is 5.02 Å². The van der Waals surface area contributed by atoms with Crippen LogP contribution in [-0.4, -0.2) is 30.6 Å². The van der Waals surface area contributed by atoms with Gasteiger partial charge in [0.25, 0.3) is 11.8 Å². The number of hydrazone groups is 1. The second-order valence-electron chi connectivity index (χ2n) is 8.72. The van der Waals surface area contributed by atoms with Crippen molar-refractivity contribution in [2.75, 3.05) is 11.9 Å². The molecule has 0 radical (unpaired) electrons. The van der Waals surface area contributed by atoms with Crippen molar-refractivity contribution in [2.45, 2.75) is 13.8 Å². The number of benzene rings is 4. The van der Waals surface area contributed by atoms with E-state index in [1.54, 1.807) is 60.7 Å². The van der Waals surface area contributed by atoms with E-state index in [2.05, 4.69) is 15.8 Å². The molecule has 0 atom stereocenters. The third-order valence-corrected chi connectivity index (χ3v) is 6.28. The van der Waals surface area contributed by atoms with Crippen molar-refractivity contribution in [1.29, 1.82) is 0 Å². The first-order chi connectivity index (χ1) is 19.7. The van der Waals surface area contributed by atoms with Gasteiger partial charge in [-0.1, -0.05) is 53.0 Å². The summed E-state index contributed by atoms with van der Waals surface area (Å²) in [7, 11) is 0. The molecule has 208 valence electrons. The number of esters is 1. The van der Waals surface area contributed by atoms with Gasteiger partial charge in [0.05, 0.1) is 40.2 Å². The number of nitrogens with zero attached hydrogens (tertiary/aromatic N) is 1. The highest BCUT2D eigenvalue weighted by Gasteiger charge is 2.16.